The summed E-state index contributed by atoms with van der Waals surface area (Å²) in [6, 6.07) is 10.7. The highest BCUT2D eigenvalue weighted by molar-refractivity contribution is 7.14. The molecular weight excluding hydrogens is 462 g/mol. The Labute approximate surface area is 197 Å². The number of carbonyl (C=O) groups excluding carboxylic acids is 1. The van der Waals surface area contributed by atoms with Crippen molar-refractivity contribution in [2.75, 3.05) is 12.4 Å². The van der Waals surface area contributed by atoms with Crippen molar-refractivity contribution in [1.29, 1.82) is 0 Å². The number of aryl methyl sites for hydroxylation is 2. The quantitative estimate of drug-likeness (QED) is 0.354. The molecule has 0 radical (unpaired) electrons. The summed E-state index contributed by atoms with van der Waals surface area (Å²) in [7, 11) is 3.36. The second kappa shape index (κ2) is 8.34. The van der Waals surface area contributed by atoms with Crippen molar-refractivity contribution in [3.8, 4) is 28.5 Å². The number of methoxy groups -OCH3 is 1. The number of fused-ring (bicyclic) bond motifs is 1. The fraction of sp³-hybridized carbons (Fsp3) is 0.130. The van der Waals surface area contributed by atoms with Crippen LogP contribution in [-0.4, -0.2) is 32.8 Å². The van der Waals surface area contributed by atoms with Crippen LogP contribution in [0.4, 0.5) is 5.13 Å². The number of carbonyl (C=O) groups is 1. The molecule has 0 aliphatic carbocycles. The molecule has 5 aromatic rings. The Morgan fingerprint density at radius 2 is 2.06 bits per heavy atom. The van der Waals surface area contributed by atoms with Crippen LogP contribution in [0.3, 0.4) is 0 Å². The second-order valence-corrected chi connectivity index (χ2v) is 8.55. The molecule has 33 heavy (non-hydrogen) atoms. The Morgan fingerprint density at radius 3 is 2.79 bits per heavy atom. The van der Waals surface area contributed by atoms with Gasteiger partial charge in [-0.1, -0.05) is 11.6 Å². The number of halogens is 1. The fourth-order valence-corrected chi connectivity index (χ4v) is 4.60. The van der Waals surface area contributed by atoms with E-state index in [1.807, 2.05) is 18.4 Å². The fourth-order valence-electron chi connectivity index (χ4n) is 3.63. The summed E-state index contributed by atoms with van der Waals surface area (Å²) in [4.78, 5) is 22.5. The maximum absolute atomic E-state index is 13.3. The van der Waals surface area contributed by atoms with Gasteiger partial charge in [0.2, 0.25) is 0 Å². The zero-order valence-corrected chi connectivity index (χ0v) is 19.5. The minimum Gasteiger partial charge on any atom is -0.495 e. The summed E-state index contributed by atoms with van der Waals surface area (Å²) in [5.74, 6) is 0.850. The van der Waals surface area contributed by atoms with Gasteiger partial charge in [-0.15, -0.1) is 11.3 Å². The van der Waals surface area contributed by atoms with E-state index in [0.717, 1.165) is 5.56 Å². The highest BCUT2D eigenvalue weighted by Crippen LogP contribution is 2.32. The molecule has 0 bridgehead atoms. The highest BCUT2D eigenvalue weighted by atomic mass is 35.5. The molecule has 10 heteroatoms. The van der Waals surface area contributed by atoms with Crippen molar-refractivity contribution in [3.63, 3.8) is 0 Å². The summed E-state index contributed by atoms with van der Waals surface area (Å²) < 4.78 is 12.3. The minimum absolute atomic E-state index is 0.306. The van der Waals surface area contributed by atoms with E-state index in [2.05, 4.69) is 20.4 Å². The number of amides is 1. The molecule has 0 aliphatic heterocycles. The van der Waals surface area contributed by atoms with Gasteiger partial charge >= 0.3 is 0 Å². The monoisotopic (exact) mass is 479 g/mol. The summed E-state index contributed by atoms with van der Waals surface area (Å²) >= 11 is 7.57. The van der Waals surface area contributed by atoms with E-state index in [4.69, 9.17) is 20.8 Å². The topological polar surface area (TPSA) is 95.1 Å². The summed E-state index contributed by atoms with van der Waals surface area (Å²) in [6.45, 7) is 1.85. The molecule has 4 heterocycles. The van der Waals surface area contributed by atoms with E-state index < -0.39 is 0 Å². The number of rotatable bonds is 5. The van der Waals surface area contributed by atoms with Crippen LogP contribution < -0.4 is 10.1 Å². The lowest BCUT2D eigenvalue weighted by Crippen LogP contribution is -2.13. The molecule has 1 amide bonds. The Hall–Kier alpha value is -3.69. The van der Waals surface area contributed by atoms with E-state index >= 15 is 0 Å². The Bertz CT molecular complexity index is 1490. The van der Waals surface area contributed by atoms with Gasteiger partial charge in [-0.25, -0.2) is 9.97 Å². The first-order valence-electron chi connectivity index (χ1n) is 9.93. The lowest BCUT2D eigenvalue weighted by molar-refractivity contribution is 0.102. The third-order valence-corrected chi connectivity index (χ3v) is 6.21. The zero-order chi connectivity index (χ0) is 23.1. The number of anilines is 1. The maximum Gasteiger partial charge on any atom is 0.258 e. The van der Waals surface area contributed by atoms with Crippen LogP contribution in [0.1, 0.15) is 16.1 Å². The molecule has 4 aromatic heterocycles. The normalized spacial score (nSPS) is 11.2. The predicted molar refractivity (Wildman–Crippen MR) is 128 cm³/mol. The van der Waals surface area contributed by atoms with Crippen LogP contribution >= 0.6 is 22.9 Å². The number of hydrogen-bond acceptors (Lipinski definition) is 7. The van der Waals surface area contributed by atoms with Crippen molar-refractivity contribution in [2.45, 2.75) is 6.92 Å². The first-order valence-corrected chi connectivity index (χ1v) is 11.2. The molecule has 1 aromatic carbocycles. The van der Waals surface area contributed by atoms with Crippen molar-refractivity contribution < 1.29 is 13.9 Å². The molecule has 166 valence electrons. The molecular formula is C23H18ClN5O3S. The third-order valence-electron chi connectivity index (χ3n) is 5.16. The molecule has 0 saturated heterocycles. The van der Waals surface area contributed by atoms with E-state index in [1.54, 1.807) is 55.4 Å². The van der Waals surface area contributed by atoms with Gasteiger partial charge in [-0.05, 0) is 43.3 Å². The van der Waals surface area contributed by atoms with Crippen LogP contribution in [0, 0.1) is 6.92 Å². The van der Waals surface area contributed by atoms with E-state index in [-0.39, 0.29) is 5.91 Å². The van der Waals surface area contributed by atoms with Crippen LogP contribution in [-0.2, 0) is 7.05 Å². The van der Waals surface area contributed by atoms with Gasteiger partial charge in [-0.3, -0.25) is 14.8 Å². The summed E-state index contributed by atoms with van der Waals surface area (Å²) in [5, 5.41) is 10.8. The average Bonchev–Trinajstić information content (AvgIpc) is 3.55. The summed E-state index contributed by atoms with van der Waals surface area (Å²) in [5.41, 5.74) is 3.83. The molecule has 0 spiro atoms. The highest BCUT2D eigenvalue weighted by Gasteiger charge is 2.21. The molecule has 0 saturated carbocycles. The molecule has 1 N–H and O–H groups in total. The lowest BCUT2D eigenvalue weighted by Gasteiger charge is -2.07. The number of furan rings is 1. The number of hydrogen-bond donors (Lipinski definition) is 1. The van der Waals surface area contributed by atoms with Gasteiger partial charge in [0.05, 0.1) is 40.7 Å². The van der Waals surface area contributed by atoms with Gasteiger partial charge in [0.1, 0.15) is 11.4 Å². The van der Waals surface area contributed by atoms with E-state index in [0.29, 0.717) is 55.3 Å². The van der Waals surface area contributed by atoms with E-state index in [9.17, 15) is 4.79 Å². The van der Waals surface area contributed by atoms with Gasteiger partial charge in [-0.2, -0.15) is 5.10 Å². The van der Waals surface area contributed by atoms with Gasteiger partial charge in [0.15, 0.2) is 16.5 Å². The number of ether oxygens (including phenoxy) is 1. The molecule has 0 fully saturated rings. The summed E-state index contributed by atoms with van der Waals surface area (Å²) in [6.07, 6.45) is 1.57. The van der Waals surface area contributed by atoms with Crippen molar-refractivity contribution in [1.82, 2.24) is 19.7 Å². The van der Waals surface area contributed by atoms with Gasteiger partial charge in [0, 0.05) is 18.0 Å². The maximum atomic E-state index is 13.3. The molecule has 0 aliphatic rings. The first-order chi connectivity index (χ1) is 15.9. The van der Waals surface area contributed by atoms with Crippen LogP contribution in [0.2, 0.25) is 5.02 Å². The smallest absolute Gasteiger partial charge is 0.258 e. The molecule has 8 nitrogen and oxygen atoms in total. The molecule has 0 unspecified atom stereocenters. The molecule has 5 rings (SSSR count). The predicted octanol–water partition coefficient (Wildman–Crippen LogP) is 5.57. The second-order valence-electron chi connectivity index (χ2n) is 7.28. The zero-order valence-electron chi connectivity index (χ0n) is 17.9. The first kappa shape index (κ1) is 21.2. The number of nitrogens with zero attached hydrogens (tertiary/aromatic N) is 4. The van der Waals surface area contributed by atoms with Gasteiger partial charge < -0.3 is 9.15 Å². The van der Waals surface area contributed by atoms with Crippen LogP contribution in [0.25, 0.3) is 33.7 Å². The third kappa shape index (κ3) is 3.85. The minimum atomic E-state index is -0.306. The number of aromatic nitrogens is 4. The largest absolute Gasteiger partial charge is 0.495 e. The van der Waals surface area contributed by atoms with Crippen LogP contribution in [0.15, 0.2) is 52.5 Å². The Balaban J connectivity index is 1.49. The van der Waals surface area contributed by atoms with Crippen molar-refractivity contribution in [2.24, 2.45) is 7.05 Å². The Kier molecular flexibility index (Phi) is 5.35. The lowest BCUT2D eigenvalue weighted by atomic mass is 10.1. The van der Waals surface area contributed by atoms with Crippen molar-refractivity contribution >= 4 is 45.0 Å². The van der Waals surface area contributed by atoms with Gasteiger partial charge in [0.25, 0.3) is 5.91 Å². The standard InChI is InChI=1S/C23H18ClN5O3S/c1-12-20-14(10-16(19-5-4-8-32-19)25-21(20)29(2)28-12)22(30)27-23-26-17(11-33-23)13-6-7-18(31-3)15(24)9-13/h4-11H,1-3H3,(H,26,27,30). The van der Waals surface area contributed by atoms with E-state index in [1.165, 1.54) is 11.3 Å². The number of pyridine rings is 1. The van der Waals surface area contributed by atoms with Crippen LogP contribution in [0.5, 0.6) is 5.75 Å². The number of benzene rings is 1. The SMILES string of the molecule is COc1ccc(-c2csc(NC(=O)c3cc(-c4ccco4)nc4c3c(C)nn4C)n2)cc1Cl. The average molecular weight is 480 g/mol. The van der Waals surface area contributed by atoms with Crippen molar-refractivity contribution in [3.05, 3.63) is 64.3 Å². The molecule has 0 atom stereocenters. The Morgan fingerprint density at radius 1 is 1.21 bits per heavy atom. The number of thiazole rings is 1. The number of nitrogens with one attached hydrogen (secondary N) is 1.